The number of nitrogens with zero attached hydrogens (tertiary/aromatic N) is 1. The van der Waals surface area contributed by atoms with Gasteiger partial charge in [0.2, 0.25) is 17.7 Å². The molecule has 5 N–H and O–H groups in total. The van der Waals surface area contributed by atoms with E-state index in [9.17, 15) is 29.1 Å². The second-order valence-electron chi connectivity index (χ2n) is 9.24. The van der Waals surface area contributed by atoms with Crippen molar-refractivity contribution in [2.45, 2.75) is 52.7 Å². The summed E-state index contributed by atoms with van der Waals surface area (Å²) >= 11 is 12.2. The van der Waals surface area contributed by atoms with Gasteiger partial charge in [-0.2, -0.15) is 0 Å². The smallest absolute Gasteiger partial charge is 0.253 e. The van der Waals surface area contributed by atoms with Crippen molar-refractivity contribution < 1.29 is 29.1 Å². The van der Waals surface area contributed by atoms with Crippen molar-refractivity contribution in [1.82, 2.24) is 10.2 Å². The molecular weight excluding hydrogens is 523 g/mol. The van der Waals surface area contributed by atoms with E-state index < -0.39 is 35.6 Å². The molecule has 1 aliphatic rings. The van der Waals surface area contributed by atoms with E-state index in [1.807, 2.05) is 0 Å². The van der Waals surface area contributed by atoms with Crippen LogP contribution in [0, 0.1) is 17.8 Å². The van der Waals surface area contributed by atoms with Gasteiger partial charge in [0.05, 0.1) is 23.2 Å². The first kappa shape index (κ1) is 30.3. The number of unbranched alkanes of at least 4 members (excludes halogenated alkanes) is 1. The Bertz CT molecular complexity index is 1070. The number of carbonyl (C=O) groups excluding carboxylic acids is 5. The molecule has 12 heteroatoms. The number of anilines is 1. The van der Waals surface area contributed by atoms with E-state index in [4.69, 9.17) is 28.9 Å². The minimum Gasteiger partial charge on any atom is -0.392 e. The number of benzene rings is 1. The average molecular weight is 555 g/mol. The first-order chi connectivity index (χ1) is 17.4. The number of halogens is 2. The average Bonchev–Trinajstić information content (AvgIpc) is 3.14. The van der Waals surface area contributed by atoms with Crippen molar-refractivity contribution in [1.29, 1.82) is 0 Å². The first-order valence-electron chi connectivity index (χ1n) is 11.9. The Balaban J connectivity index is 2.01. The van der Waals surface area contributed by atoms with E-state index in [2.05, 4.69) is 10.6 Å². The van der Waals surface area contributed by atoms with Gasteiger partial charge in [-0.05, 0) is 43.4 Å². The van der Waals surface area contributed by atoms with Crippen LogP contribution < -0.4 is 16.4 Å². The van der Waals surface area contributed by atoms with Crippen LogP contribution >= 0.6 is 23.2 Å². The normalized spacial score (nSPS) is 15.6. The number of amides is 5. The lowest BCUT2D eigenvalue weighted by Crippen LogP contribution is -2.49. The molecule has 1 aromatic carbocycles. The highest BCUT2D eigenvalue weighted by molar-refractivity contribution is 6.36. The summed E-state index contributed by atoms with van der Waals surface area (Å²) in [6.07, 6.45) is 3.60. The highest BCUT2D eigenvalue weighted by Crippen LogP contribution is 2.30. The monoisotopic (exact) mass is 554 g/mol. The molecule has 0 aliphatic carbocycles. The fraction of sp³-hybridized carbons (Fsp3) is 0.480. The van der Waals surface area contributed by atoms with E-state index in [1.54, 1.807) is 13.8 Å². The number of primary amides is 1. The van der Waals surface area contributed by atoms with Gasteiger partial charge in [-0.1, -0.05) is 43.5 Å². The summed E-state index contributed by atoms with van der Waals surface area (Å²) in [6.45, 7) is 4.94. The Morgan fingerprint density at radius 1 is 1.00 bits per heavy atom. The molecule has 10 nitrogen and oxygen atoms in total. The lowest BCUT2D eigenvalue weighted by atomic mass is 9.79. The van der Waals surface area contributed by atoms with E-state index in [1.165, 1.54) is 31.2 Å². The van der Waals surface area contributed by atoms with Crippen LogP contribution in [0.5, 0.6) is 0 Å². The minimum absolute atomic E-state index is 0.169. The molecule has 0 fully saturated rings. The summed E-state index contributed by atoms with van der Waals surface area (Å²) in [7, 11) is 0. The van der Waals surface area contributed by atoms with Crippen LogP contribution in [0.2, 0.25) is 10.0 Å². The number of hydrogen-bond donors (Lipinski definition) is 4. The Labute approximate surface area is 225 Å². The van der Waals surface area contributed by atoms with Crippen LogP contribution in [0.15, 0.2) is 24.3 Å². The number of imide groups is 1. The van der Waals surface area contributed by atoms with Gasteiger partial charge >= 0.3 is 0 Å². The Morgan fingerprint density at radius 3 is 2.16 bits per heavy atom. The lowest BCUT2D eigenvalue weighted by molar-refractivity contribution is -0.137. The molecule has 37 heavy (non-hydrogen) atoms. The third-order valence-electron chi connectivity index (χ3n) is 6.18. The molecule has 1 aliphatic heterocycles. The fourth-order valence-corrected chi connectivity index (χ4v) is 4.61. The molecule has 0 aromatic heterocycles. The number of nitrogens with two attached hydrogens (primary N) is 1. The van der Waals surface area contributed by atoms with Crippen LogP contribution in [-0.4, -0.2) is 52.1 Å². The number of rotatable bonds is 13. The van der Waals surface area contributed by atoms with Gasteiger partial charge < -0.3 is 21.5 Å². The summed E-state index contributed by atoms with van der Waals surface area (Å²) in [5.41, 5.74) is 6.26. The Hall–Kier alpha value is -2.95. The molecule has 0 saturated heterocycles. The van der Waals surface area contributed by atoms with Crippen molar-refractivity contribution in [3.8, 4) is 0 Å². The van der Waals surface area contributed by atoms with Crippen molar-refractivity contribution in [3.05, 3.63) is 39.9 Å². The molecule has 0 saturated carbocycles. The summed E-state index contributed by atoms with van der Waals surface area (Å²) in [5, 5.41) is 14.9. The van der Waals surface area contributed by atoms with Gasteiger partial charge in [-0.25, -0.2) is 0 Å². The second-order valence-corrected chi connectivity index (χ2v) is 10.1. The number of carbonyl (C=O) groups is 5. The minimum atomic E-state index is -0.977. The maximum absolute atomic E-state index is 13.2. The SMILES string of the molecule is CC(C)[C@H](C(=O)N[C@@H](C)C(=O)Nc1cc(Cl)c(CO)cc1Cl)C(CCCCN1C(=O)C=CC1=O)C(N)=O. The van der Waals surface area contributed by atoms with Crippen LogP contribution in [0.3, 0.4) is 0 Å². The van der Waals surface area contributed by atoms with E-state index in [0.717, 1.165) is 4.90 Å². The molecule has 2 rings (SSSR count). The predicted octanol–water partition coefficient (Wildman–Crippen LogP) is 2.40. The van der Waals surface area contributed by atoms with E-state index in [-0.39, 0.29) is 53.0 Å². The standard InChI is InChI=1S/C25H32Cl2N4O6/c1-13(2)22(16(23(28)35)6-4-5-9-31-20(33)7-8-21(31)34)25(37)29-14(3)24(36)30-19-11-17(26)15(12-32)10-18(19)27/h7-8,10-11,13-14,16,22,32H,4-6,9,12H2,1-3H3,(H2,28,35)(H,29,37)(H,30,36)/t14-,16?,22-/m0/s1. The summed E-state index contributed by atoms with van der Waals surface area (Å²) in [4.78, 5) is 62.6. The molecule has 3 atom stereocenters. The van der Waals surface area contributed by atoms with Crippen molar-refractivity contribution in [2.75, 3.05) is 11.9 Å². The van der Waals surface area contributed by atoms with Crippen molar-refractivity contribution in [3.63, 3.8) is 0 Å². The van der Waals surface area contributed by atoms with Crippen molar-refractivity contribution >= 4 is 58.4 Å². The zero-order valence-corrected chi connectivity index (χ0v) is 22.4. The molecule has 1 aromatic rings. The first-order valence-corrected chi connectivity index (χ1v) is 12.7. The quantitative estimate of drug-likeness (QED) is 0.216. The number of nitrogens with one attached hydrogen (secondary N) is 2. The van der Waals surface area contributed by atoms with Crippen LogP contribution in [-0.2, 0) is 30.6 Å². The predicted molar refractivity (Wildman–Crippen MR) is 139 cm³/mol. The number of aliphatic hydroxyl groups excluding tert-OH is 1. The highest BCUT2D eigenvalue weighted by Gasteiger charge is 2.36. The third-order valence-corrected chi connectivity index (χ3v) is 6.85. The molecule has 0 radical (unpaired) electrons. The molecular formula is C25H32Cl2N4O6. The van der Waals surface area contributed by atoms with Gasteiger partial charge in [0.1, 0.15) is 6.04 Å². The molecule has 0 spiro atoms. The molecule has 202 valence electrons. The van der Waals surface area contributed by atoms with Gasteiger partial charge in [0.15, 0.2) is 0 Å². The van der Waals surface area contributed by atoms with Gasteiger partial charge in [0, 0.05) is 29.6 Å². The maximum Gasteiger partial charge on any atom is 0.253 e. The lowest BCUT2D eigenvalue weighted by Gasteiger charge is -2.28. The van der Waals surface area contributed by atoms with Crippen LogP contribution in [0.4, 0.5) is 5.69 Å². The largest absolute Gasteiger partial charge is 0.392 e. The van der Waals surface area contributed by atoms with Crippen LogP contribution in [0.25, 0.3) is 0 Å². The topological polar surface area (TPSA) is 159 Å². The Kier molecular flexibility index (Phi) is 11.1. The van der Waals surface area contributed by atoms with Gasteiger partial charge in [-0.15, -0.1) is 0 Å². The van der Waals surface area contributed by atoms with Crippen LogP contribution in [0.1, 0.15) is 45.6 Å². The fourth-order valence-electron chi connectivity index (χ4n) is 4.16. The molecule has 0 bridgehead atoms. The summed E-state index contributed by atoms with van der Waals surface area (Å²) in [5.74, 6) is -4.34. The molecule has 1 unspecified atom stereocenters. The maximum atomic E-state index is 13.2. The summed E-state index contributed by atoms with van der Waals surface area (Å²) < 4.78 is 0. The molecule has 5 amide bonds. The van der Waals surface area contributed by atoms with Gasteiger partial charge in [-0.3, -0.25) is 28.9 Å². The summed E-state index contributed by atoms with van der Waals surface area (Å²) in [6, 6.07) is 1.86. The zero-order valence-electron chi connectivity index (χ0n) is 20.9. The Morgan fingerprint density at radius 2 is 1.62 bits per heavy atom. The highest BCUT2D eigenvalue weighted by atomic mass is 35.5. The number of aliphatic hydroxyl groups is 1. The van der Waals surface area contributed by atoms with E-state index in [0.29, 0.717) is 18.4 Å². The third kappa shape index (κ3) is 8.02. The van der Waals surface area contributed by atoms with E-state index >= 15 is 0 Å². The molecule has 1 heterocycles. The second kappa shape index (κ2) is 13.6. The number of hydrogen-bond acceptors (Lipinski definition) is 6. The zero-order chi connectivity index (χ0) is 27.9. The van der Waals surface area contributed by atoms with Gasteiger partial charge in [0.25, 0.3) is 11.8 Å². The van der Waals surface area contributed by atoms with Crippen molar-refractivity contribution in [2.24, 2.45) is 23.5 Å².